The molecule has 0 bridgehead atoms. The molecule has 1 aromatic carbocycles. The Hall–Kier alpha value is -2.54. The molecule has 0 saturated carbocycles. The zero-order valence-electron chi connectivity index (χ0n) is 10.1. The monoisotopic (exact) mass is 289 g/mol. The van der Waals surface area contributed by atoms with E-state index in [-0.39, 0.29) is 18.0 Å². The van der Waals surface area contributed by atoms with Crippen LogP contribution in [0, 0.1) is 0 Å². The van der Waals surface area contributed by atoms with Crippen molar-refractivity contribution in [2.24, 2.45) is 0 Å². The number of hydrogen-bond donors (Lipinski definition) is 2. The molecule has 3 rings (SSSR count). The molecule has 100 valence electrons. The van der Waals surface area contributed by atoms with E-state index in [0.29, 0.717) is 10.7 Å². The number of Topliss-reactive ketones (excluding diaryl/α,β-unsaturated/α-hetero) is 2. The highest BCUT2D eigenvalue weighted by Gasteiger charge is 2.18. The van der Waals surface area contributed by atoms with Gasteiger partial charge in [0.05, 0.1) is 12.1 Å². The Morgan fingerprint density at radius 2 is 2.05 bits per heavy atom. The molecule has 2 aromatic heterocycles. The SMILES string of the molecule is O=C(CC(=O)c1cc2cc(Cl)ccc2[nH]1)c1nn[nH]n1. The summed E-state index contributed by atoms with van der Waals surface area (Å²) in [6, 6.07) is 6.90. The summed E-state index contributed by atoms with van der Waals surface area (Å²) in [6.07, 6.45) is -0.319. The van der Waals surface area contributed by atoms with Crippen molar-refractivity contribution >= 4 is 34.1 Å². The van der Waals surface area contributed by atoms with Crippen molar-refractivity contribution in [2.45, 2.75) is 6.42 Å². The second-order valence-electron chi connectivity index (χ2n) is 4.17. The van der Waals surface area contributed by atoms with Crippen LogP contribution in [-0.4, -0.2) is 37.2 Å². The largest absolute Gasteiger partial charge is 0.352 e. The zero-order chi connectivity index (χ0) is 14.1. The molecule has 2 heterocycles. The second kappa shape index (κ2) is 4.86. The van der Waals surface area contributed by atoms with Crippen LogP contribution in [0.1, 0.15) is 27.5 Å². The lowest BCUT2D eigenvalue weighted by Gasteiger charge is -1.94. The predicted molar refractivity (Wildman–Crippen MR) is 70.8 cm³/mol. The molecule has 0 saturated heterocycles. The van der Waals surface area contributed by atoms with E-state index in [2.05, 4.69) is 25.6 Å². The highest BCUT2D eigenvalue weighted by atomic mass is 35.5. The van der Waals surface area contributed by atoms with Gasteiger partial charge in [0.25, 0.3) is 0 Å². The van der Waals surface area contributed by atoms with Crippen LogP contribution in [0.5, 0.6) is 0 Å². The Morgan fingerprint density at radius 3 is 2.80 bits per heavy atom. The zero-order valence-corrected chi connectivity index (χ0v) is 10.8. The van der Waals surface area contributed by atoms with E-state index in [9.17, 15) is 9.59 Å². The number of hydrogen-bond acceptors (Lipinski definition) is 5. The Balaban J connectivity index is 1.84. The van der Waals surface area contributed by atoms with Gasteiger partial charge in [-0.25, -0.2) is 0 Å². The van der Waals surface area contributed by atoms with Crippen molar-refractivity contribution in [3.8, 4) is 0 Å². The molecule has 3 aromatic rings. The van der Waals surface area contributed by atoms with E-state index in [1.54, 1.807) is 24.3 Å². The number of carbonyl (C=O) groups is 2. The number of H-pyrrole nitrogens is 2. The number of tetrazole rings is 1. The molecule has 0 spiro atoms. The van der Waals surface area contributed by atoms with Gasteiger partial charge >= 0.3 is 0 Å². The number of carbonyl (C=O) groups excluding carboxylic acids is 2. The first kappa shape index (κ1) is 12.5. The summed E-state index contributed by atoms with van der Waals surface area (Å²) in [5.41, 5.74) is 1.13. The van der Waals surface area contributed by atoms with Gasteiger partial charge in [-0.3, -0.25) is 9.59 Å². The van der Waals surface area contributed by atoms with Crippen molar-refractivity contribution in [3.05, 3.63) is 40.8 Å². The van der Waals surface area contributed by atoms with Crippen molar-refractivity contribution in [1.29, 1.82) is 0 Å². The van der Waals surface area contributed by atoms with Crippen LogP contribution in [0.25, 0.3) is 10.9 Å². The molecule has 0 unspecified atom stereocenters. The maximum atomic E-state index is 12.0. The molecule has 20 heavy (non-hydrogen) atoms. The van der Waals surface area contributed by atoms with E-state index < -0.39 is 5.78 Å². The number of nitrogens with zero attached hydrogens (tertiary/aromatic N) is 3. The van der Waals surface area contributed by atoms with Crippen molar-refractivity contribution in [3.63, 3.8) is 0 Å². The molecule has 0 radical (unpaired) electrons. The number of nitrogens with one attached hydrogen (secondary N) is 2. The van der Waals surface area contributed by atoms with Crippen LogP contribution in [-0.2, 0) is 0 Å². The number of fused-ring (bicyclic) bond motifs is 1. The average molecular weight is 290 g/mol. The number of benzene rings is 1. The first-order valence-electron chi connectivity index (χ1n) is 5.71. The van der Waals surface area contributed by atoms with Crippen molar-refractivity contribution in [1.82, 2.24) is 25.6 Å². The lowest BCUT2D eigenvalue weighted by Crippen LogP contribution is -2.10. The third-order valence-corrected chi connectivity index (χ3v) is 3.03. The quantitative estimate of drug-likeness (QED) is 0.563. The summed E-state index contributed by atoms with van der Waals surface area (Å²) < 4.78 is 0. The Morgan fingerprint density at radius 1 is 1.20 bits per heavy atom. The van der Waals surface area contributed by atoms with Gasteiger partial charge in [0, 0.05) is 15.9 Å². The van der Waals surface area contributed by atoms with Crippen molar-refractivity contribution in [2.75, 3.05) is 0 Å². The average Bonchev–Trinajstić information content (AvgIpc) is 3.07. The normalized spacial score (nSPS) is 10.8. The molecule has 0 atom stereocenters. The molecule has 8 heteroatoms. The van der Waals surface area contributed by atoms with E-state index in [1.807, 2.05) is 0 Å². The van der Waals surface area contributed by atoms with Gasteiger partial charge in [-0.05, 0) is 29.5 Å². The van der Waals surface area contributed by atoms with Crippen LogP contribution in [0.2, 0.25) is 5.02 Å². The first-order valence-corrected chi connectivity index (χ1v) is 6.09. The minimum Gasteiger partial charge on any atom is -0.352 e. The van der Waals surface area contributed by atoms with Crippen molar-refractivity contribution < 1.29 is 9.59 Å². The fraction of sp³-hybridized carbons (Fsp3) is 0.0833. The minimum atomic E-state index is -0.486. The number of aromatic amines is 2. The summed E-state index contributed by atoms with van der Waals surface area (Å²) in [5.74, 6) is -0.926. The number of ketones is 2. The fourth-order valence-corrected chi connectivity index (χ4v) is 2.03. The summed E-state index contributed by atoms with van der Waals surface area (Å²) in [6.45, 7) is 0. The predicted octanol–water partition coefficient (Wildman–Crippen LogP) is 1.79. The molecule has 0 aliphatic carbocycles. The van der Waals surface area contributed by atoms with Gasteiger partial charge in [0.15, 0.2) is 5.78 Å². The second-order valence-corrected chi connectivity index (χ2v) is 4.61. The van der Waals surface area contributed by atoms with Crippen LogP contribution < -0.4 is 0 Å². The van der Waals surface area contributed by atoms with Crippen LogP contribution >= 0.6 is 11.6 Å². The number of halogens is 1. The molecule has 0 fully saturated rings. The Labute approximate surface area is 117 Å². The fourth-order valence-electron chi connectivity index (χ4n) is 1.85. The van der Waals surface area contributed by atoms with E-state index >= 15 is 0 Å². The standard InChI is InChI=1S/C12H8ClN5O2/c13-7-1-2-8-6(3-7)4-9(14-8)10(19)5-11(20)12-15-17-18-16-12/h1-4,14H,5H2,(H,15,16,17,18). The molecule has 0 aliphatic heterocycles. The van der Waals surface area contributed by atoms with Crippen LogP contribution in [0.3, 0.4) is 0 Å². The number of aromatic nitrogens is 5. The third-order valence-electron chi connectivity index (χ3n) is 2.80. The third kappa shape index (κ3) is 2.30. The lowest BCUT2D eigenvalue weighted by atomic mass is 10.1. The maximum absolute atomic E-state index is 12.0. The van der Waals surface area contributed by atoms with Gasteiger partial charge in [0.1, 0.15) is 0 Å². The molecule has 2 N–H and O–H groups in total. The van der Waals surface area contributed by atoms with Gasteiger partial charge in [-0.2, -0.15) is 5.21 Å². The minimum absolute atomic E-state index is 0.0995. The molecule has 0 aliphatic rings. The molecular weight excluding hydrogens is 282 g/mol. The van der Waals surface area contributed by atoms with E-state index in [4.69, 9.17) is 11.6 Å². The smallest absolute Gasteiger partial charge is 0.240 e. The van der Waals surface area contributed by atoms with Gasteiger partial charge < -0.3 is 4.98 Å². The summed E-state index contributed by atoms with van der Waals surface area (Å²) in [5, 5.41) is 13.9. The summed E-state index contributed by atoms with van der Waals surface area (Å²) >= 11 is 5.88. The van der Waals surface area contributed by atoms with E-state index in [0.717, 1.165) is 10.9 Å². The van der Waals surface area contributed by atoms with Crippen LogP contribution in [0.4, 0.5) is 0 Å². The molecular formula is C12H8ClN5O2. The summed E-state index contributed by atoms with van der Waals surface area (Å²) in [4.78, 5) is 26.7. The van der Waals surface area contributed by atoms with Crippen LogP contribution in [0.15, 0.2) is 24.3 Å². The molecule has 0 amide bonds. The topological polar surface area (TPSA) is 104 Å². The van der Waals surface area contributed by atoms with Gasteiger partial charge in [0.2, 0.25) is 11.6 Å². The Bertz CT molecular complexity index is 793. The number of rotatable bonds is 4. The molecule has 7 nitrogen and oxygen atoms in total. The van der Waals surface area contributed by atoms with Gasteiger partial charge in [-0.1, -0.05) is 11.6 Å². The lowest BCUT2D eigenvalue weighted by molar-refractivity contribution is 0.0886. The van der Waals surface area contributed by atoms with Gasteiger partial charge in [-0.15, -0.1) is 10.2 Å². The summed E-state index contributed by atoms with van der Waals surface area (Å²) in [7, 11) is 0. The highest BCUT2D eigenvalue weighted by molar-refractivity contribution is 6.31. The Kier molecular flexibility index (Phi) is 3.03. The van der Waals surface area contributed by atoms with E-state index in [1.165, 1.54) is 0 Å². The highest BCUT2D eigenvalue weighted by Crippen LogP contribution is 2.20. The first-order chi connectivity index (χ1) is 9.63. The maximum Gasteiger partial charge on any atom is 0.240 e.